The fraction of sp³-hybridized carbons (Fsp3) is 0.100. The van der Waals surface area contributed by atoms with Crippen LogP contribution in [-0.2, 0) is 11.3 Å². The fourth-order valence-corrected chi connectivity index (χ4v) is 3.27. The largest absolute Gasteiger partial charge is 0.328 e. The van der Waals surface area contributed by atoms with Crippen molar-refractivity contribution in [3.05, 3.63) is 94.5 Å². The first-order valence-electron chi connectivity index (χ1n) is 7.86. The van der Waals surface area contributed by atoms with Crippen molar-refractivity contribution in [3.63, 3.8) is 0 Å². The summed E-state index contributed by atoms with van der Waals surface area (Å²) in [5, 5.41) is 0. The van der Waals surface area contributed by atoms with Crippen LogP contribution in [0, 0.1) is 0 Å². The number of aromatic nitrogens is 1. The molecule has 0 atom stereocenters. The monoisotopic (exact) mass is 412 g/mol. The van der Waals surface area contributed by atoms with Crippen LogP contribution in [0.5, 0.6) is 0 Å². The third kappa shape index (κ3) is 5.44. The molecular weight excluding hydrogens is 396 g/mol. The number of amides is 1. The standard InChI is InChI=1S/C20H17BrN2OS/c21-17-9-11-18(12-10-17)25-15-20(24)22-19-8-4-5-13-23(19)14-16-6-2-1-3-7-16/h1-13H,14-15H2. The van der Waals surface area contributed by atoms with Gasteiger partial charge in [0.2, 0.25) is 0 Å². The Kier molecular flexibility index (Phi) is 6.25. The molecule has 126 valence electrons. The molecule has 0 aliphatic carbocycles. The molecule has 1 amide bonds. The van der Waals surface area contributed by atoms with Gasteiger partial charge in [-0.1, -0.05) is 52.3 Å². The zero-order chi connectivity index (χ0) is 17.5. The van der Waals surface area contributed by atoms with Crippen LogP contribution in [0.15, 0.2) is 93.4 Å². The number of nitrogens with zero attached hydrogens (tertiary/aromatic N) is 2. The maximum atomic E-state index is 12.2. The number of benzene rings is 2. The highest BCUT2D eigenvalue weighted by atomic mass is 79.9. The van der Waals surface area contributed by atoms with Gasteiger partial charge in [-0.15, -0.1) is 11.8 Å². The Hall–Kier alpha value is -2.11. The second-order valence-corrected chi connectivity index (χ2v) is 7.38. The number of carbonyl (C=O) groups is 1. The minimum Gasteiger partial charge on any atom is -0.328 e. The normalized spacial score (nSPS) is 11.5. The zero-order valence-electron chi connectivity index (χ0n) is 13.5. The molecule has 3 rings (SSSR count). The number of rotatable bonds is 5. The smallest absolute Gasteiger partial charge is 0.257 e. The topological polar surface area (TPSA) is 34.4 Å². The molecule has 3 nitrogen and oxygen atoms in total. The van der Waals surface area contributed by atoms with Gasteiger partial charge >= 0.3 is 0 Å². The van der Waals surface area contributed by atoms with Gasteiger partial charge in [0.15, 0.2) is 0 Å². The van der Waals surface area contributed by atoms with Crippen LogP contribution < -0.4 is 5.49 Å². The number of carbonyl (C=O) groups excluding carboxylic acids is 1. The van der Waals surface area contributed by atoms with E-state index >= 15 is 0 Å². The highest BCUT2D eigenvalue weighted by molar-refractivity contribution is 9.10. The summed E-state index contributed by atoms with van der Waals surface area (Å²) >= 11 is 4.90. The first kappa shape index (κ1) is 17.7. The van der Waals surface area contributed by atoms with E-state index in [0.717, 1.165) is 9.37 Å². The van der Waals surface area contributed by atoms with Gasteiger partial charge in [-0.05, 0) is 42.0 Å². The summed E-state index contributed by atoms with van der Waals surface area (Å²) in [7, 11) is 0. The van der Waals surface area contributed by atoms with Crippen molar-refractivity contribution in [3.8, 4) is 0 Å². The summed E-state index contributed by atoms with van der Waals surface area (Å²) in [6, 6.07) is 23.8. The molecule has 0 radical (unpaired) electrons. The molecular formula is C20H17BrN2OS. The lowest BCUT2D eigenvalue weighted by Gasteiger charge is -2.07. The molecule has 5 heteroatoms. The summed E-state index contributed by atoms with van der Waals surface area (Å²) in [6.07, 6.45) is 1.95. The summed E-state index contributed by atoms with van der Waals surface area (Å²) < 4.78 is 3.01. The molecule has 0 aliphatic heterocycles. The molecule has 0 saturated heterocycles. The lowest BCUT2D eigenvalue weighted by Crippen LogP contribution is -2.22. The van der Waals surface area contributed by atoms with Crippen molar-refractivity contribution in [1.29, 1.82) is 0 Å². The van der Waals surface area contributed by atoms with Gasteiger partial charge in [0.05, 0.1) is 5.75 Å². The fourth-order valence-electron chi connectivity index (χ4n) is 2.32. The summed E-state index contributed by atoms with van der Waals surface area (Å²) in [5.41, 5.74) is 1.85. The highest BCUT2D eigenvalue weighted by Crippen LogP contribution is 2.20. The van der Waals surface area contributed by atoms with Crippen LogP contribution in [0.3, 0.4) is 0 Å². The molecule has 0 N–H and O–H groups in total. The average molecular weight is 413 g/mol. The second-order valence-electron chi connectivity index (χ2n) is 5.42. The summed E-state index contributed by atoms with van der Waals surface area (Å²) in [4.78, 5) is 17.6. The average Bonchev–Trinajstić information content (AvgIpc) is 2.64. The molecule has 2 aromatic carbocycles. The van der Waals surface area contributed by atoms with Crippen molar-refractivity contribution in [2.45, 2.75) is 11.4 Å². The van der Waals surface area contributed by atoms with Gasteiger partial charge in [0, 0.05) is 22.1 Å². The maximum Gasteiger partial charge on any atom is 0.257 e. The van der Waals surface area contributed by atoms with E-state index in [-0.39, 0.29) is 5.91 Å². The van der Waals surface area contributed by atoms with Gasteiger partial charge in [-0.3, -0.25) is 4.79 Å². The van der Waals surface area contributed by atoms with E-state index in [1.165, 1.54) is 17.3 Å². The van der Waals surface area contributed by atoms with E-state index in [1.807, 2.05) is 71.4 Å². The van der Waals surface area contributed by atoms with Crippen molar-refractivity contribution < 1.29 is 4.79 Å². The molecule has 0 unspecified atom stereocenters. The van der Waals surface area contributed by atoms with Crippen molar-refractivity contribution in [2.75, 3.05) is 5.75 Å². The molecule has 0 fully saturated rings. The molecule has 0 bridgehead atoms. The number of hydrogen-bond acceptors (Lipinski definition) is 2. The van der Waals surface area contributed by atoms with E-state index in [0.29, 0.717) is 17.8 Å². The van der Waals surface area contributed by atoms with E-state index < -0.39 is 0 Å². The van der Waals surface area contributed by atoms with Gasteiger partial charge < -0.3 is 4.57 Å². The van der Waals surface area contributed by atoms with E-state index in [2.05, 4.69) is 33.1 Å². The Morgan fingerprint density at radius 3 is 2.44 bits per heavy atom. The first-order valence-corrected chi connectivity index (χ1v) is 9.64. The van der Waals surface area contributed by atoms with Crippen molar-refractivity contribution in [2.24, 2.45) is 4.99 Å². The Bertz CT molecular complexity index is 905. The van der Waals surface area contributed by atoms with Crippen LogP contribution in [0.1, 0.15) is 5.56 Å². The van der Waals surface area contributed by atoms with Crippen LogP contribution in [0.4, 0.5) is 0 Å². The molecule has 0 aliphatic rings. The van der Waals surface area contributed by atoms with E-state index in [9.17, 15) is 4.79 Å². The van der Waals surface area contributed by atoms with Crippen molar-refractivity contribution in [1.82, 2.24) is 4.57 Å². The maximum absolute atomic E-state index is 12.2. The molecule has 1 aromatic heterocycles. The van der Waals surface area contributed by atoms with Crippen LogP contribution >= 0.6 is 27.7 Å². The van der Waals surface area contributed by atoms with Crippen LogP contribution in [0.25, 0.3) is 0 Å². The molecule has 0 spiro atoms. The number of halogens is 1. The lowest BCUT2D eigenvalue weighted by atomic mass is 10.2. The van der Waals surface area contributed by atoms with E-state index in [4.69, 9.17) is 0 Å². The molecule has 25 heavy (non-hydrogen) atoms. The number of pyridine rings is 1. The van der Waals surface area contributed by atoms with Gasteiger partial charge in [-0.2, -0.15) is 4.99 Å². The Labute approximate surface area is 159 Å². The minimum atomic E-state index is -0.138. The van der Waals surface area contributed by atoms with Gasteiger partial charge in [0.25, 0.3) is 5.91 Å². The molecule has 0 saturated carbocycles. The number of hydrogen-bond donors (Lipinski definition) is 0. The lowest BCUT2D eigenvalue weighted by molar-refractivity contribution is -0.115. The third-order valence-electron chi connectivity index (χ3n) is 3.53. The first-order chi connectivity index (χ1) is 12.2. The van der Waals surface area contributed by atoms with Gasteiger partial charge in [-0.25, -0.2) is 0 Å². The quantitative estimate of drug-likeness (QED) is 0.577. The Balaban J connectivity index is 1.72. The molecule has 1 heterocycles. The number of thioether (sulfide) groups is 1. The van der Waals surface area contributed by atoms with Crippen molar-refractivity contribution >= 4 is 33.6 Å². The second kappa shape index (κ2) is 8.83. The third-order valence-corrected chi connectivity index (χ3v) is 5.05. The summed E-state index contributed by atoms with van der Waals surface area (Å²) in [5.74, 6) is 0.183. The predicted octanol–water partition coefficient (Wildman–Crippen LogP) is 4.52. The molecule has 3 aromatic rings. The van der Waals surface area contributed by atoms with E-state index in [1.54, 1.807) is 0 Å². The SMILES string of the molecule is O=C(CSc1ccc(Br)cc1)N=c1ccccn1Cc1ccccc1. The van der Waals surface area contributed by atoms with Crippen LogP contribution in [-0.4, -0.2) is 16.2 Å². The zero-order valence-corrected chi connectivity index (χ0v) is 15.9. The summed E-state index contributed by atoms with van der Waals surface area (Å²) in [6.45, 7) is 0.688. The Morgan fingerprint density at radius 1 is 0.960 bits per heavy atom. The van der Waals surface area contributed by atoms with Crippen LogP contribution in [0.2, 0.25) is 0 Å². The Morgan fingerprint density at radius 2 is 1.68 bits per heavy atom. The predicted molar refractivity (Wildman–Crippen MR) is 105 cm³/mol. The highest BCUT2D eigenvalue weighted by Gasteiger charge is 2.03. The van der Waals surface area contributed by atoms with Gasteiger partial charge in [0.1, 0.15) is 5.49 Å². The minimum absolute atomic E-state index is 0.138.